The van der Waals surface area contributed by atoms with E-state index in [1.54, 1.807) is 0 Å². The summed E-state index contributed by atoms with van der Waals surface area (Å²) in [6.07, 6.45) is -7.20. The number of hydrogen-bond donors (Lipinski definition) is 4. The normalized spacial score (nSPS) is 6.00. The SMILES string of the molecule is O=C(O)O[O-].O=C(O)O[O-].O=C(O)O[O-].O=C(O)O[O-].[Co+2].[Ni+2]. The van der Waals surface area contributed by atoms with E-state index < -0.39 is 24.6 Å². The maximum Gasteiger partial charge on any atom is 2.00 e. The second-order valence-electron chi connectivity index (χ2n) is 1.40. The van der Waals surface area contributed by atoms with Crippen LogP contribution in [0.3, 0.4) is 0 Å². The average molecular weight is 426 g/mol. The molecular formula is C4H4CoNiO16. The average Bonchev–Trinajstić information content (AvgIpc) is 2.40. The van der Waals surface area contributed by atoms with Crippen LogP contribution in [0, 0.1) is 0 Å². The summed E-state index contributed by atoms with van der Waals surface area (Å²) in [6.45, 7) is 0. The number of carboxylic acid groups (broad SMARTS) is 4. The Morgan fingerprint density at radius 2 is 0.591 bits per heavy atom. The molecule has 0 aromatic heterocycles. The van der Waals surface area contributed by atoms with E-state index in [-0.39, 0.29) is 33.3 Å². The van der Waals surface area contributed by atoms with Gasteiger partial charge in [-0.05, 0) is 0 Å². The Balaban J connectivity index is -0.0000000376. The summed E-state index contributed by atoms with van der Waals surface area (Å²) in [4.78, 5) is 45.0. The smallest absolute Gasteiger partial charge is 0.659 e. The second-order valence-corrected chi connectivity index (χ2v) is 1.40. The van der Waals surface area contributed by atoms with Crippen LogP contribution in [-0.2, 0) is 52.8 Å². The van der Waals surface area contributed by atoms with Crippen molar-refractivity contribution in [2.75, 3.05) is 0 Å². The molecule has 0 aromatic carbocycles. The second kappa shape index (κ2) is 31.4. The Morgan fingerprint density at radius 1 is 0.545 bits per heavy atom. The van der Waals surface area contributed by atoms with E-state index in [1.165, 1.54) is 0 Å². The molecule has 0 fully saturated rings. The van der Waals surface area contributed by atoms with Crippen LogP contribution >= 0.6 is 0 Å². The molecule has 0 bridgehead atoms. The van der Waals surface area contributed by atoms with E-state index >= 15 is 0 Å². The molecule has 0 aliphatic heterocycles. The first kappa shape index (κ1) is 36.8. The fraction of sp³-hybridized carbons (Fsp3) is 0. The first-order valence-corrected chi connectivity index (χ1v) is 3.19. The van der Waals surface area contributed by atoms with E-state index in [4.69, 9.17) is 60.6 Å². The summed E-state index contributed by atoms with van der Waals surface area (Å²) >= 11 is 0. The van der Waals surface area contributed by atoms with E-state index in [2.05, 4.69) is 19.6 Å². The minimum Gasteiger partial charge on any atom is -0.659 e. The Labute approximate surface area is 138 Å². The number of rotatable bonds is 0. The molecule has 0 aliphatic rings. The Kier molecular flexibility index (Phi) is 52.5. The zero-order chi connectivity index (χ0) is 17.1. The van der Waals surface area contributed by atoms with Gasteiger partial charge in [-0.25, -0.2) is 19.2 Å². The molecule has 16 nitrogen and oxygen atoms in total. The molecule has 0 heterocycles. The van der Waals surface area contributed by atoms with Crippen LogP contribution in [0.15, 0.2) is 0 Å². The largest absolute Gasteiger partial charge is 2.00 e. The van der Waals surface area contributed by atoms with Gasteiger partial charge in [0.2, 0.25) is 0 Å². The number of hydrogen-bond acceptors (Lipinski definition) is 12. The van der Waals surface area contributed by atoms with Gasteiger partial charge in [0.15, 0.2) is 0 Å². The predicted octanol–water partition coefficient (Wildman–Crippen LogP) is -4.18. The van der Waals surface area contributed by atoms with Crippen molar-refractivity contribution in [1.29, 1.82) is 0 Å². The van der Waals surface area contributed by atoms with Crippen LogP contribution in [0.2, 0.25) is 0 Å². The summed E-state index contributed by atoms with van der Waals surface area (Å²) in [6, 6.07) is 0. The van der Waals surface area contributed by atoms with Gasteiger partial charge in [-0.3, -0.25) is 0 Å². The first-order valence-electron chi connectivity index (χ1n) is 3.19. The molecule has 0 saturated carbocycles. The van der Waals surface area contributed by atoms with Crippen LogP contribution in [0.1, 0.15) is 0 Å². The maximum absolute atomic E-state index is 8.83. The van der Waals surface area contributed by atoms with Crippen molar-refractivity contribution in [3.05, 3.63) is 0 Å². The number of carbonyl (C=O) groups is 4. The molecule has 0 unspecified atom stereocenters. The molecule has 18 heteroatoms. The molecule has 0 rings (SSSR count). The molecule has 0 spiro atoms. The van der Waals surface area contributed by atoms with Gasteiger partial charge in [0.1, 0.15) is 0 Å². The standard InChI is InChI=1S/4CH2O4.Co.Ni/c4*2-1(3)5-4;;/h4*4H,(H,2,3);;/q;;;;2*+2/p-4. The molecule has 135 valence electrons. The van der Waals surface area contributed by atoms with Crippen LogP contribution < -0.4 is 21.0 Å². The first-order chi connectivity index (χ1) is 9.08. The molecule has 4 N–H and O–H groups in total. The maximum atomic E-state index is 8.83. The third-order valence-corrected chi connectivity index (χ3v) is 0.285. The van der Waals surface area contributed by atoms with E-state index in [0.29, 0.717) is 0 Å². The van der Waals surface area contributed by atoms with Gasteiger partial charge in [0.25, 0.3) is 0 Å². The fourth-order valence-electron chi connectivity index (χ4n) is 0. The van der Waals surface area contributed by atoms with Crippen LogP contribution in [-0.4, -0.2) is 45.0 Å². The molecule has 0 amide bonds. The molecular weight excluding hydrogens is 422 g/mol. The summed E-state index contributed by atoms with van der Waals surface area (Å²) in [5, 5.41) is 62.9. The van der Waals surface area contributed by atoms with Crippen molar-refractivity contribution in [3.63, 3.8) is 0 Å². The molecule has 0 aromatic rings. The summed E-state index contributed by atoms with van der Waals surface area (Å²) in [5.74, 6) is 0. The van der Waals surface area contributed by atoms with Gasteiger partial charge in [0, 0.05) is 0 Å². The van der Waals surface area contributed by atoms with Crippen molar-refractivity contribution < 1.29 is 113 Å². The van der Waals surface area contributed by atoms with Gasteiger partial charge in [-0.2, -0.15) is 0 Å². The molecule has 1 radical (unpaired) electrons. The third-order valence-electron chi connectivity index (χ3n) is 0.285. The van der Waals surface area contributed by atoms with Crippen molar-refractivity contribution >= 4 is 24.6 Å². The van der Waals surface area contributed by atoms with Gasteiger partial charge >= 0.3 is 57.9 Å². The molecule has 0 aliphatic carbocycles. The van der Waals surface area contributed by atoms with Crippen molar-refractivity contribution in [2.24, 2.45) is 0 Å². The van der Waals surface area contributed by atoms with Crippen LogP contribution in [0.5, 0.6) is 0 Å². The van der Waals surface area contributed by atoms with Crippen LogP contribution in [0.25, 0.3) is 0 Å². The van der Waals surface area contributed by atoms with Gasteiger partial charge in [-0.15, -0.1) is 0 Å². The van der Waals surface area contributed by atoms with E-state index in [9.17, 15) is 0 Å². The fourth-order valence-corrected chi connectivity index (χ4v) is 0. The van der Waals surface area contributed by atoms with Crippen molar-refractivity contribution in [2.45, 2.75) is 0 Å². The minimum absolute atomic E-state index is 0. The summed E-state index contributed by atoms with van der Waals surface area (Å²) in [5.41, 5.74) is 0. The molecule has 22 heavy (non-hydrogen) atoms. The van der Waals surface area contributed by atoms with Crippen molar-refractivity contribution in [1.82, 2.24) is 0 Å². The summed E-state index contributed by atoms with van der Waals surface area (Å²) in [7, 11) is 0. The van der Waals surface area contributed by atoms with E-state index in [1.807, 2.05) is 0 Å². The Bertz CT molecular complexity index is 223. The molecule has 0 atom stereocenters. The van der Waals surface area contributed by atoms with Gasteiger partial charge in [-0.1, -0.05) is 0 Å². The van der Waals surface area contributed by atoms with Gasteiger partial charge in [0.05, 0.1) is 0 Å². The quantitative estimate of drug-likeness (QED) is 0.162. The minimum atomic E-state index is -1.80. The van der Waals surface area contributed by atoms with Gasteiger partial charge < -0.3 is 61.0 Å². The third kappa shape index (κ3) is 146. The predicted molar refractivity (Wildman–Crippen MR) is 36.4 cm³/mol. The summed E-state index contributed by atoms with van der Waals surface area (Å²) < 4.78 is 0. The topological polar surface area (TPSA) is 278 Å². The zero-order valence-electron chi connectivity index (χ0n) is 9.34. The molecule has 0 saturated heterocycles. The van der Waals surface area contributed by atoms with Crippen molar-refractivity contribution in [3.8, 4) is 0 Å². The Hall–Kier alpha value is -2.08. The Morgan fingerprint density at radius 3 is 0.591 bits per heavy atom. The van der Waals surface area contributed by atoms with Crippen LogP contribution in [0.4, 0.5) is 19.2 Å². The zero-order valence-corrected chi connectivity index (χ0v) is 11.4. The monoisotopic (exact) mass is 425 g/mol. The van der Waals surface area contributed by atoms with E-state index in [0.717, 1.165) is 0 Å².